The normalized spacial score (nSPS) is 54.3. The highest BCUT2D eigenvalue weighted by molar-refractivity contribution is 7.87. The van der Waals surface area contributed by atoms with E-state index in [2.05, 4.69) is 0 Å². The largest absolute Gasteiger partial charge is 0.368 e. The van der Waals surface area contributed by atoms with Crippen molar-refractivity contribution in [1.82, 2.24) is 0 Å². The molecule has 3 saturated heterocycles. The summed E-state index contributed by atoms with van der Waals surface area (Å²) in [5.74, 6) is 0. The van der Waals surface area contributed by atoms with Crippen molar-refractivity contribution in [2.45, 2.75) is 36.2 Å². The maximum Gasteiger partial charge on any atom is 0.273 e. The second-order valence-electron chi connectivity index (χ2n) is 3.82. The Labute approximate surface area is 71.0 Å². The van der Waals surface area contributed by atoms with E-state index in [0.717, 1.165) is 12.8 Å². The Morgan fingerprint density at radius 1 is 1.42 bits per heavy atom. The van der Waals surface area contributed by atoms with Crippen LogP contribution in [0, 0.1) is 0 Å². The van der Waals surface area contributed by atoms with Crippen molar-refractivity contribution < 1.29 is 17.3 Å². The molecule has 5 heteroatoms. The standard InChI is InChI=1S/C7H10O4S/c8-12(9)6-3-5-1-2-7(6,11-5)4-10-12/h5-6H,1-4H2. The molecule has 1 spiro atoms. The average molecular weight is 190 g/mol. The number of ether oxygens (including phenoxy) is 1. The van der Waals surface area contributed by atoms with Gasteiger partial charge in [-0.15, -0.1) is 0 Å². The van der Waals surface area contributed by atoms with E-state index in [1.807, 2.05) is 0 Å². The second-order valence-corrected chi connectivity index (χ2v) is 5.61. The molecule has 68 valence electrons. The van der Waals surface area contributed by atoms with Crippen molar-refractivity contribution in [1.29, 1.82) is 0 Å². The predicted molar refractivity (Wildman–Crippen MR) is 40.1 cm³/mol. The fourth-order valence-electron chi connectivity index (χ4n) is 2.56. The fourth-order valence-corrected chi connectivity index (χ4v) is 4.30. The van der Waals surface area contributed by atoms with Crippen LogP contribution >= 0.6 is 0 Å². The Hall–Kier alpha value is -0.130. The number of hydrogen-bond donors (Lipinski definition) is 0. The molecule has 0 radical (unpaired) electrons. The molecule has 0 amide bonds. The summed E-state index contributed by atoms with van der Waals surface area (Å²) in [6.45, 7) is 0.247. The molecule has 4 nitrogen and oxygen atoms in total. The van der Waals surface area contributed by atoms with E-state index in [1.54, 1.807) is 0 Å². The van der Waals surface area contributed by atoms with Gasteiger partial charge in [0.2, 0.25) is 0 Å². The first-order valence-corrected chi connectivity index (χ1v) is 5.66. The van der Waals surface area contributed by atoms with Crippen LogP contribution in [0.5, 0.6) is 0 Å². The third kappa shape index (κ3) is 0.677. The van der Waals surface area contributed by atoms with Crippen LogP contribution in [0.1, 0.15) is 19.3 Å². The molecule has 3 aliphatic heterocycles. The summed E-state index contributed by atoms with van der Waals surface area (Å²) in [5, 5.41) is -0.372. The lowest BCUT2D eigenvalue weighted by Crippen LogP contribution is -2.38. The first-order chi connectivity index (χ1) is 5.62. The van der Waals surface area contributed by atoms with Crippen LogP contribution < -0.4 is 0 Å². The first-order valence-electron chi connectivity index (χ1n) is 4.18. The van der Waals surface area contributed by atoms with Crippen molar-refractivity contribution in [2.24, 2.45) is 0 Å². The molecule has 0 N–H and O–H groups in total. The zero-order chi connectivity index (χ0) is 8.40. The van der Waals surface area contributed by atoms with Gasteiger partial charge in [0.1, 0.15) is 10.9 Å². The number of fused-ring (bicyclic) bond motifs is 1. The van der Waals surface area contributed by atoms with Gasteiger partial charge in [-0.3, -0.25) is 4.18 Å². The molecular weight excluding hydrogens is 180 g/mol. The van der Waals surface area contributed by atoms with Crippen molar-refractivity contribution in [2.75, 3.05) is 6.61 Å². The zero-order valence-electron chi connectivity index (χ0n) is 6.52. The van der Waals surface area contributed by atoms with Crippen molar-refractivity contribution in [3.8, 4) is 0 Å². The molecular formula is C7H10O4S. The molecule has 2 bridgehead atoms. The van der Waals surface area contributed by atoms with Crippen molar-refractivity contribution in [3.05, 3.63) is 0 Å². The van der Waals surface area contributed by atoms with Gasteiger partial charge in [-0.05, 0) is 19.3 Å². The molecule has 3 atom stereocenters. The molecule has 0 aromatic heterocycles. The summed E-state index contributed by atoms with van der Waals surface area (Å²) in [4.78, 5) is 0. The third-order valence-corrected chi connectivity index (χ3v) is 4.94. The Balaban J connectivity index is 2.10. The first kappa shape index (κ1) is 7.29. The van der Waals surface area contributed by atoms with Crippen molar-refractivity contribution in [3.63, 3.8) is 0 Å². The molecule has 0 aromatic rings. The number of rotatable bonds is 0. The molecule has 3 aliphatic rings. The zero-order valence-corrected chi connectivity index (χ0v) is 7.34. The van der Waals surface area contributed by atoms with Gasteiger partial charge in [0, 0.05) is 0 Å². The quantitative estimate of drug-likeness (QED) is 0.506. The van der Waals surface area contributed by atoms with Gasteiger partial charge >= 0.3 is 0 Å². The minimum Gasteiger partial charge on any atom is -0.368 e. The minimum atomic E-state index is -3.29. The highest BCUT2D eigenvalue weighted by Crippen LogP contribution is 2.50. The van der Waals surface area contributed by atoms with Crippen LogP contribution in [-0.4, -0.2) is 32.0 Å². The van der Waals surface area contributed by atoms with Gasteiger partial charge in [0.15, 0.2) is 0 Å². The SMILES string of the molecule is O=S1(=O)OCC23CCC(CC21)O3. The summed E-state index contributed by atoms with van der Waals surface area (Å²) in [6.07, 6.45) is 2.66. The molecule has 0 aliphatic carbocycles. The van der Waals surface area contributed by atoms with Crippen molar-refractivity contribution >= 4 is 10.1 Å². The molecule has 3 fully saturated rings. The summed E-state index contributed by atoms with van der Waals surface area (Å²) in [5.41, 5.74) is -0.455. The maximum absolute atomic E-state index is 11.3. The van der Waals surface area contributed by atoms with Gasteiger partial charge in [0.05, 0.1) is 12.7 Å². The van der Waals surface area contributed by atoms with Gasteiger partial charge in [-0.2, -0.15) is 8.42 Å². The molecule has 3 unspecified atom stereocenters. The lowest BCUT2D eigenvalue weighted by molar-refractivity contribution is -0.00162. The van der Waals surface area contributed by atoms with Gasteiger partial charge in [0.25, 0.3) is 10.1 Å². The van der Waals surface area contributed by atoms with E-state index < -0.39 is 15.7 Å². The minimum absolute atomic E-state index is 0.175. The molecule has 0 aromatic carbocycles. The van der Waals surface area contributed by atoms with Crippen LogP contribution in [0.2, 0.25) is 0 Å². The van der Waals surface area contributed by atoms with Crippen LogP contribution in [0.25, 0.3) is 0 Å². The smallest absolute Gasteiger partial charge is 0.273 e. The van der Waals surface area contributed by atoms with E-state index in [1.165, 1.54) is 0 Å². The summed E-state index contributed by atoms with van der Waals surface area (Å²) < 4.78 is 33.0. The highest BCUT2D eigenvalue weighted by Gasteiger charge is 2.63. The van der Waals surface area contributed by atoms with E-state index in [-0.39, 0.29) is 18.0 Å². The number of hydrogen-bond acceptors (Lipinski definition) is 4. The molecule has 3 rings (SSSR count). The Morgan fingerprint density at radius 2 is 2.25 bits per heavy atom. The molecule has 12 heavy (non-hydrogen) atoms. The summed E-state index contributed by atoms with van der Waals surface area (Å²) in [7, 11) is -3.29. The second kappa shape index (κ2) is 1.86. The fraction of sp³-hybridized carbons (Fsp3) is 1.00. The molecule has 0 saturated carbocycles. The Morgan fingerprint density at radius 3 is 2.92 bits per heavy atom. The highest BCUT2D eigenvalue weighted by atomic mass is 32.2. The third-order valence-electron chi connectivity index (χ3n) is 3.17. The summed E-state index contributed by atoms with van der Waals surface area (Å²) >= 11 is 0. The predicted octanol–water partition coefficient (Wildman–Crippen LogP) is 0.0365. The monoisotopic (exact) mass is 190 g/mol. The van der Waals surface area contributed by atoms with Crippen LogP contribution in [0.4, 0.5) is 0 Å². The average Bonchev–Trinajstić information content (AvgIpc) is 2.62. The van der Waals surface area contributed by atoms with Crippen LogP contribution in [0.15, 0.2) is 0 Å². The van der Waals surface area contributed by atoms with E-state index in [0.29, 0.717) is 6.42 Å². The van der Waals surface area contributed by atoms with Gasteiger partial charge in [-0.1, -0.05) is 0 Å². The van der Waals surface area contributed by atoms with E-state index >= 15 is 0 Å². The Bertz CT molecular complexity index is 322. The maximum atomic E-state index is 11.3. The van der Waals surface area contributed by atoms with Gasteiger partial charge < -0.3 is 4.74 Å². The summed E-state index contributed by atoms with van der Waals surface area (Å²) in [6, 6.07) is 0. The van der Waals surface area contributed by atoms with E-state index in [9.17, 15) is 8.42 Å². The lowest BCUT2D eigenvalue weighted by Gasteiger charge is -2.20. The van der Waals surface area contributed by atoms with Crippen LogP contribution in [0.3, 0.4) is 0 Å². The van der Waals surface area contributed by atoms with Gasteiger partial charge in [-0.25, -0.2) is 0 Å². The molecule has 3 heterocycles. The topological polar surface area (TPSA) is 52.6 Å². The Kier molecular flexibility index (Phi) is 1.13. The lowest BCUT2D eigenvalue weighted by atomic mass is 9.89. The van der Waals surface area contributed by atoms with E-state index in [4.69, 9.17) is 8.92 Å². The van der Waals surface area contributed by atoms with Crippen LogP contribution in [-0.2, 0) is 19.0 Å².